The minimum Gasteiger partial charge on any atom is -0.472 e. The monoisotopic (exact) mass is 545 g/mol. The van der Waals surface area contributed by atoms with Gasteiger partial charge in [0.25, 0.3) is 0 Å². The molecule has 5 heterocycles. The zero-order chi connectivity index (χ0) is 24.5. The van der Waals surface area contributed by atoms with E-state index in [1.165, 1.54) is 5.56 Å². The molecule has 0 saturated carbocycles. The third kappa shape index (κ3) is 4.65. The summed E-state index contributed by atoms with van der Waals surface area (Å²) in [5, 5.41) is 0. The molecule has 0 atom stereocenters. The number of halogens is 1. The molecule has 4 aromatic rings. The van der Waals surface area contributed by atoms with Crippen molar-refractivity contribution >= 4 is 32.9 Å². The number of carbonyl (C=O) groups excluding carboxylic acids is 1. The molecule has 2 aliphatic heterocycles. The molecule has 2 aliphatic rings. The molecule has 0 spiro atoms. The number of furan rings is 1. The molecule has 0 aliphatic carbocycles. The number of amides is 1. The Morgan fingerprint density at radius 3 is 2.67 bits per heavy atom. The van der Waals surface area contributed by atoms with Crippen LogP contribution in [0, 0.1) is 18.1 Å². The Kier molecular flexibility index (Phi) is 6.51. The second-order valence-electron chi connectivity index (χ2n) is 9.74. The summed E-state index contributed by atoms with van der Waals surface area (Å²) in [4.78, 5) is 27.3. The number of fused-ring (bicyclic) bond motifs is 1. The van der Waals surface area contributed by atoms with E-state index < -0.39 is 0 Å². The summed E-state index contributed by atoms with van der Waals surface area (Å²) in [7, 11) is 0. The number of rotatable bonds is 5. The smallest absolute Gasteiger partial charge is 0.225 e. The fourth-order valence-corrected chi connectivity index (χ4v) is 5.94. The van der Waals surface area contributed by atoms with Gasteiger partial charge in [0, 0.05) is 53.9 Å². The van der Waals surface area contributed by atoms with E-state index in [-0.39, 0.29) is 12.0 Å². The van der Waals surface area contributed by atoms with Crippen LogP contribution in [0.3, 0.4) is 0 Å². The number of likely N-dealkylation sites (tertiary alicyclic amines) is 2. The maximum absolute atomic E-state index is 13.4. The lowest BCUT2D eigenvalue weighted by Crippen LogP contribution is -2.45. The van der Waals surface area contributed by atoms with E-state index in [1.807, 2.05) is 12.1 Å². The van der Waals surface area contributed by atoms with Gasteiger partial charge in [-0.1, -0.05) is 22.0 Å². The van der Waals surface area contributed by atoms with Gasteiger partial charge >= 0.3 is 0 Å². The van der Waals surface area contributed by atoms with E-state index in [0.29, 0.717) is 11.6 Å². The van der Waals surface area contributed by atoms with Crippen molar-refractivity contribution in [2.24, 2.45) is 5.92 Å². The van der Waals surface area contributed by atoms with Crippen LogP contribution in [0.5, 0.6) is 0 Å². The Hall–Kier alpha value is -3.15. The summed E-state index contributed by atoms with van der Waals surface area (Å²) in [6, 6.07) is 16.3. The SMILES string of the molecule is O=C(C1CCN(Cc2ccoc2)CC1)N1CCC(n2c(-c3c#cccn3)nc3cc(Br)ccc32)CC1. The van der Waals surface area contributed by atoms with Gasteiger partial charge in [0.2, 0.25) is 5.91 Å². The van der Waals surface area contributed by atoms with Gasteiger partial charge in [0.15, 0.2) is 11.5 Å². The quantitative estimate of drug-likeness (QED) is 0.347. The Bertz CT molecular complexity index is 1320. The van der Waals surface area contributed by atoms with E-state index >= 15 is 0 Å². The van der Waals surface area contributed by atoms with Crippen molar-refractivity contribution in [1.29, 1.82) is 0 Å². The van der Waals surface area contributed by atoms with Gasteiger partial charge < -0.3 is 13.9 Å². The average Bonchev–Trinajstić information content (AvgIpc) is 3.57. The first-order chi connectivity index (χ1) is 17.7. The second kappa shape index (κ2) is 10.1. The van der Waals surface area contributed by atoms with Crippen LogP contribution < -0.4 is 0 Å². The highest BCUT2D eigenvalue weighted by atomic mass is 79.9. The zero-order valence-corrected chi connectivity index (χ0v) is 21.7. The summed E-state index contributed by atoms with van der Waals surface area (Å²) in [5.41, 5.74) is 3.91. The van der Waals surface area contributed by atoms with Crippen LogP contribution in [-0.4, -0.2) is 56.4 Å². The minimum absolute atomic E-state index is 0.128. The highest BCUT2D eigenvalue weighted by molar-refractivity contribution is 9.10. The Morgan fingerprint density at radius 1 is 1.11 bits per heavy atom. The van der Waals surface area contributed by atoms with Gasteiger partial charge in [0.05, 0.1) is 23.6 Å². The average molecular weight is 546 g/mol. The fourth-order valence-electron chi connectivity index (χ4n) is 5.60. The van der Waals surface area contributed by atoms with E-state index in [9.17, 15) is 4.79 Å². The molecule has 0 bridgehead atoms. The van der Waals surface area contributed by atoms with Crippen LogP contribution in [0.25, 0.3) is 22.6 Å². The number of hydrogen-bond acceptors (Lipinski definition) is 5. The van der Waals surface area contributed by atoms with Gasteiger partial charge in [-0.15, -0.1) is 0 Å². The normalized spacial score (nSPS) is 18.0. The largest absolute Gasteiger partial charge is 0.472 e. The third-order valence-corrected chi connectivity index (χ3v) is 7.97. The molecule has 36 heavy (non-hydrogen) atoms. The summed E-state index contributed by atoms with van der Waals surface area (Å²) < 4.78 is 8.48. The molecule has 0 radical (unpaired) electrons. The molecule has 2 saturated heterocycles. The van der Waals surface area contributed by atoms with Gasteiger partial charge in [-0.2, -0.15) is 0 Å². The number of hydrogen-bond donors (Lipinski definition) is 0. The molecule has 7 nitrogen and oxygen atoms in total. The predicted octanol–water partition coefficient (Wildman–Crippen LogP) is 5.13. The first-order valence-electron chi connectivity index (χ1n) is 12.6. The van der Waals surface area contributed by atoms with E-state index in [2.05, 4.69) is 59.5 Å². The van der Waals surface area contributed by atoms with Crippen molar-refractivity contribution in [2.45, 2.75) is 38.3 Å². The van der Waals surface area contributed by atoms with Crippen LogP contribution >= 0.6 is 15.9 Å². The van der Waals surface area contributed by atoms with Crippen LogP contribution in [0.1, 0.15) is 37.3 Å². The molecule has 184 valence electrons. The zero-order valence-electron chi connectivity index (χ0n) is 20.1. The van der Waals surface area contributed by atoms with Crippen molar-refractivity contribution in [1.82, 2.24) is 24.3 Å². The maximum Gasteiger partial charge on any atom is 0.225 e. The predicted molar refractivity (Wildman–Crippen MR) is 140 cm³/mol. The van der Waals surface area contributed by atoms with Gasteiger partial charge in [-0.25, -0.2) is 9.97 Å². The number of benzene rings is 1. The van der Waals surface area contributed by atoms with Crippen molar-refractivity contribution in [3.05, 3.63) is 71.2 Å². The molecule has 1 aromatic carbocycles. The van der Waals surface area contributed by atoms with Gasteiger partial charge in [-0.3, -0.25) is 9.69 Å². The van der Waals surface area contributed by atoms with E-state index in [0.717, 1.165) is 79.7 Å². The molecule has 0 unspecified atom stereocenters. The molecular formula is C28H28BrN5O2. The first-order valence-corrected chi connectivity index (χ1v) is 13.4. The van der Waals surface area contributed by atoms with Crippen molar-refractivity contribution in [2.75, 3.05) is 26.2 Å². The summed E-state index contributed by atoms with van der Waals surface area (Å²) in [5.74, 6) is 1.27. The van der Waals surface area contributed by atoms with Crippen molar-refractivity contribution in [3.8, 4) is 11.5 Å². The molecule has 0 N–H and O–H groups in total. The van der Waals surface area contributed by atoms with Gasteiger partial charge in [-0.05, 0) is 69.1 Å². The summed E-state index contributed by atoms with van der Waals surface area (Å²) in [6.45, 7) is 4.34. The van der Waals surface area contributed by atoms with Gasteiger partial charge in [0.1, 0.15) is 0 Å². The van der Waals surface area contributed by atoms with Crippen molar-refractivity contribution in [3.63, 3.8) is 0 Å². The standard InChI is InChI=1S/C28H28BrN5O2/c29-22-4-5-26-25(17-22)31-27(24-3-1-2-11-30-24)34(26)23-8-14-33(15-9-23)28(35)21-6-12-32(13-7-21)18-20-10-16-36-19-20/h2,4-5,10-11,16-17,19,21,23H,6-9,12-15,18H2. The lowest BCUT2D eigenvalue weighted by Gasteiger charge is -2.38. The van der Waals surface area contributed by atoms with Crippen LogP contribution in [-0.2, 0) is 11.3 Å². The number of aromatic nitrogens is 3. The van der Waals surface area contributed by atoms with Crippen LogP contribution in [0.15, 0.2) is 57.9 Å². The number of imidazole rings is 1. The van der Waals surface area contributed by atoms with E-state index in [1.54, 1.807) is 24.8 Å². The highest BCUT2D eigenvalue weighted by Gasteiger charge is 2.32. The molecule has 1 amide bonds. The lowest BCUT2D eigenvalue weighted by atomic mass is 9.93. The Morgan fingerprint density at radius 2 is 1.94 bits per heavy atom. The fraction of sp³-hybridized carbons (Fsp3) is 0.393. The Balaban J connectivity index is 1.13. The van der Waals surface area contributed by atoms with Crippen LogP contribution in [0.2, 0.25) is 0 Å². The minimum atomic E-state index is 0.128. The maximum atomic E-state index is 13.4. The topological polar surface area (TPSA) is 67.4 Å². The number of carbonyl (C=O) groups is 1. The molecule has 6 rings (SSSR count). The lowest BCUT2D eigenvalue weighted by molar-refractivity contribution is -0.138. The summed E-state index contributed by atoms with van der Waals surface area (Å²) in [6.07, 6.45) is 8.90. The molecular weight excluding hydrogens is 518 g/mol. The number of piperidine rings is 2. The summed E-state index contributed by atoms with van der Waals surface area (Å²) >= 11 is 3.57. The Labute approximate surface area is 219 Å². The van der Waals surface area contributed by atoms with Crippen LogP contribution in [0.4, 0.5) is 0 Å². The highest BCUT2D eigenvalue weighted by Crippen LogP contribution is 2.34. The van der Waals surface area contributed by atoms with Crippen molar-refractivity contribution < 1.29 is 9.21 Å². The molecule has 2 fully saturated rings. The first kappa shape index (κ1) is 23.3. The second-order valence-corrected chi connectivity index (χ2v) is 10.7. The van der Waals surface area contributed by atoms with E-state index in [4.69, 9.17) is 9.40 Å². The molecule has 8 heteroatoms. The molecule has 3 aromatic heterocycles. The number of nitrogens with zero attached hydrogens (tertiary/aromatic N) is 5. The third-order valence-electron chi connectivity index (χ3n) is 7.48.